The van der Waals surface area contributed by atoms with Gasteiger partial charge in [0.1, 0.15) is 17.9 Å². The van der Waals surface area contributed by atoms with Gasteiger partial charge in [-0.1, -0.05) is 0 Å². The van der Waals surface area contributed by atoms with Gasteiger partial charge in [0.15, 0.2) is 11.6 Å². The van der Waals surface area contributed by atoms with E-state index in [9.17, 15) is 9.18 Å². The number of nitrogens with zero attached hydrogens (tertiary/aromatic N) is 4. The molecule has 2 aromatic rings. The molecule has 1 atom stereocenters. The Morgan fingerprint density at radius 1 is 1.41 bits per heavy atom. The van der Waals surface area contributed by atoms with Crippen LogP contribution in [0.4, 0.5) is 10.2 Å². The van der Waals surface area contributed by atoms with Crippen LogP contribution in [0.2, 0.25) is 0 Å². The molecule has 0 aliphatic carbocycles. The predicted octanol–water partition coefficient (Wildman–Crippen LogP) is 3.06. The fourth-order valence-corrected chi connectivity index (χ4v) is 3.61. The number of ether oxygens (including phenoxy) is 1. The van der Waals surface area contributed by atoms with Gasteiger partial charge in [0.25, 0.3) is 5.91 Å². The van der Waals surface area contributed by atoms with Crippen LogP contribution in [0.3, 0.4) is 0 Å². The van der Waals surface area contributed by atoms with Crippen molar-refractivity contribution in [1.29, 1.82) is 0 Å². The van der Waals surface area contributed by atoms with Crippen molar-refractivity contribution in [2.75, 3.05) is 31.1 Å². The minimum atomic E-state index is -0.490. The van der Waals surface area contributed by atoms with E-state index in [-0.39, 0.29) is 23.3 Å². The number of aromatic nitrogens is 2. The van der Waals surface area contributed by atoms with Crippen molar-refractivity contribution in [3.05, 3.63) is 42.1 Å². The third kappa shape index (κ3) is 4.64. The molecule has 0 unspecified atom stereocenters. The zero-order chi connectivity index (χ0) is 21.0. The summed E-state index contributed by atoms with van der Waals surface area (Å²) < 4.78 is 20.0. The Balaban J connectivity index is 1.93. The number of hydrogen-bond donors (Lipinski definition) is 1. The number of benzene rings is 1. The quantitative estimate of drug-likeness (QED) is 0.768. The highest BCUT2D eigenvalue weighted by atomic mass is 19.1. The number of rotatable bonds is 7. The van der Waals surface area contributed by atoms with Crippen molar-refractivity contribution in [1.82, 2.24) is 14.9 Å². The average Bonchev–Trinajstić information content (AvgIpc) is 3.19. The lowest BCUT2D eigenvalue weighted by Gasteiger charge is -2.26. The molecule has 156 valence electrons. The summed E-state index contributed by atoms with van der Waals surface area (Å²) in [4.78, 5) is 25.2. The van der Waals surface area contributed by atoms with Crippen LogP contribution in [0.25, 0.3) is 0 Å². The second-order valence-electron chi connectivity index (χ2n) is 7.47. The summed E-state index contributed by atoms with van der Waals surface area (Å²) >= 11 is 0. The molecule has 3 rings (SSSR count). The largest absolute Gasteiger partial charge is 0.451 e. The maximum Gasteiger partial charge on any atom is 0.257 e. The van der Waals surface area contributed by atoms with E-state index in [1.54, 1.807) is 11.1 Å². The van der Waals surface area contributed by atoms with E-state index in [0.29, 0.717) is 30.6 Å². The van der Waals surface area contributed by atoms with E-state index in [0.717, 1.165) is 19.5 Å². The van der Waals surface area contributed by atoms with Crippen molar-refractivity contribution in [2.45, 2.75) is 33.2 Å². The van der Waals surface area contributed by atoms with Gasteiger partial charge in [0.2, 0.25) is 0 Å². The summed E-state index contributed by atoms with van der Waals surface area (Å²) in [5.41, 5.74) is 5.98. The van der Waals surface area contributed by atoms with Crippen LogP contribution in [0.1, 0.15) is 37.6 Å². The summed E-state index contributed by atoms with van der Waals surface area (Å²) in [5.74, 6) is 0.995. The third-order valence-corrected chi connectivity index (χ3v) is 5.19. The van der Waals surface area contributed by atoms with Gasteiger partial charge in [-0.3, -0.25) is 4.79 Å². The molecule has 2 heterocycles. The summed E-state index contributed by atoms with van der Waals surface area (Å²) in [6, 6.07) is 3.95. The topological polar surface area (TPSA) is 84.6 Å². The van der Waals surface area contributed by atoms with Crippen LogP contribution >= 0.6 is 0 Å². The highest BCUT2D eigenvalue weighted by Gasteiger charge is 2.27. The third-order valence-electron chi connectivity index (χ3n) is 5.19. The first kappa shape index (κ1) is 21.0. The maximum atomic E-state index is 14.0. The van der Waals surface area contributed by atoms with Gasteiger partial charge in [-0.2, -0.15) is 0 Å². The number of carbonyl (C=O) groups excluding carboxylic acids is 1. The van der Waals surface area contributed by atoms with E-state index in [1.165, 1.54) is 24.5 Å². The molecule has 0 radical (unpaired) electrons. The van der Waals surface area contributed by atoms with E-state index in [2.05, 4.69) is 14.9 Å². The van der Waals surface area contributed by atoms with E-state index < -0.39 is 5.82 Å². The molecule has 0 spiro atoms. The molecule has 8 heteroatoms. The fourth-order valence-electron chi connectivity index (χ4n) is 3.61. The number of amides is 1. The molecule has 1 aliphatic heterocycles. The second kappa shape index (κ2) is 9.17. The molecule has 1 aromatic heterocycles. The van der Waals surface area contributed by atoms with Gasteiger partial charge in [0, 0.05) is 25.7 Å². The second-order valence-corrected chi connectivity index (χ2v) is 7.47. The Morgan fingerprint density at radius 3 is 2.86 bits per heavy atom. The van der Waals surface area contributed by atoms with Gasteiger partial charge in [-0.15, -0.1) is 0 Å². The first-order valence-electron chi connectivity index (χ1n) is 9.98. The summed E-state index contributed by atoms with van der Waals surface area (Å²) in [7, 11) is 0. The van der Waals surface area contributed by atoms with E-state index >= 15 is 0 Å². The number of halogens is 1. The van der Waals surface area contributed by atoms with Gasteiger partial charge in [0.05, 0.1) is 11.8 Å². The number of hydrogen-bond acceptors (Lipinski definition) is 6. The summed E-state index contributed by atoms with van der Waals surface area (Å²) in [6.07, 6.45) is 4.02. The Morgan fingerprint density at radius 2 is 2.21 bits per heavy atom. The predicted molar refractivity (Wildman–Crippen MR) is 110 cm³/mol. The standard InChI is InChI=1S/C21H28FN5O2/c1-4-27(14(2)3)21(28)17-9-16(22)5-6-18(17)29-19-11-24-13-25-20(19)26-8-7-15(10-23)12-26/h5-6,9,11,13-15H,4,7-8,10,12,23H2,1-3H3/t15-/m0/s1. The Labute approximate surface area is 170 Å². The lowest BCUT2D eigenvalue weighted by molar-refractivity contribution is 0.0713. The van der Waals surface area contributed by atoms with E-state index in [4.69, 9.17) is 10.5 Å². The smallest absolute Gasteiger partial charge is 0.257 e. The van der Waals surface area contributed by atoms with Crippen molar-refractivity contribution in [3.8, 4) is 11.5 Å². The molecular formula is C21H28FN5O2. The lowest BCUT2D eigenvalue weighted by atomic mass is 10.1. The molecular weight excluding hydrogens is 373 g/mol. The molecule has 1 aromatic carbocycles. The van der Waals surface area contributed by atoms with Crippen molar-refractivity contribution < 1.29 is 13.9 Å². The summed E-state index contributed by atoms with van der Waals surface area (Å²) in [6.45, 7) is 8.48. The molecule has 1 aliphatic rings. The van der Waals surface area contributed by atoms with Crippen molar-refractivity contribution in [2.24, 2.45) is 11.7 Å². The Bertz CT molecular complexity index is 861. The monoisotopic (exact) mass is 401 g/mol. The van der Waals surface area contributed by atoms with Crippen LogP contribution in [-0.4, -0.2) is 53.0 Å². The SMILES string of the molecule is CCN(C(=O)c1cc(F)ccc1Oc1cncnc1N1CC[C@@H](CN)C1)C(C)C. The zero-order valence-corrected chi connectivity index (χ0v) is 17.1. The maximum absolute atomic E-state index is 14.0. The highest BCUT2D eigenvalue weighted by molar-refractivity contribution is 5.97. The molecule has 7 nitrogen and oxygen atoms in total. The minimum absolute atomic E-state index is 0.0166. The van der Waals surface area contributed by atoms with Crippen LogP contribution in [0, 0.1) is 11.7 Å². The van der Waals surface area contributed by atoms with Gasteiger partial charge < -0.3 is 20.3 Å². The van der Waals surface area contributed by atoms with Gasteiger partial charge >= 0.3 is 0 Å². The van der Waals surface area contributed by atoms with Gasteiger partial charge in [-0.05, 0) is 57.9 Å². The van der Waals surface area contributed by atoms with Crippen molar-refractivity contribution in [3.63, 3.8) is 0 Å². The molecule has 0 bridgehead atoms. The average molecular weight is 401 g/mol. The van der Waals surface area contributed by atoms with E-state index in [1.807, 2.05) is 20.8 Å². The van der Waals surface area contributed by atoms with Gasteiger partial charge in [-0.25, -0.2) is 14.4 Å². The fraction of sp³-hybridized carbons (Fsp3) is 0.476. The molecule has 1 saturated heterocycles. The lowest BCUT2D eigenvalue weighted by Crippen LogP contribution is -2.36. The van der Waals surface area contributed by atoms with Crippen LogP contribution in [0.15, 0.2) is 30.7 Å². The van der Waals surface area contributed by atoms with Crippen LogP contribution in [0.5, 0.6) is 11.5 Å². The first-order chi connectivity index (χ1) is 13.9. The number of anilines is 1. The zero-order valence-electron chi connectivity index (χ0n) is 17.1. The normalized spacial score (nSPS) is 16.3. The molecule has 29 heavy (non-hydrogen) atoms. The van der Waals surface area contributed by atoms with Crippen molar-refractivity contribution >= 4 is 11.7 Å². The first-order valence-corrected chi connectivity index (χ1v) is 9.98. The molecule has 2 N–H and O–H groups in total. The Hall–Kier alpha value is -2.74. The number of carbonyl (C=O) groups is 1. The molecule has 1 fully saturated rings. The Kier molecular flexibility index (Phi) is 6.64. The number of nitrogens with two attached hydrogens (primary N) is 1. The highest BCUT2D eigenvalue weighted by Crippen LogP contribution is 2.34. The summed E-state index contributed by atoms with van der Waals surface area (Å²) in [5, 5.41) is 0. The van der Waals surface area contributed by atoms with Crippen LogP contribution in [-0.2, 0) is 0 Å². The van der Waals surface area contributed by atoms with Crippen LogP contribution < -0.4 is 15.4 Å². The molecule has 0 saturated carbocycles. The molecule has 1 amide bonds. The minimum Gasteiger partial charge on any atom is -0.451 e.